The molecule has 0 fully saturated rings. The van der Waals surface area contributed by atoms with E-state index in [4.69, 9.17) is 5.26 Å². The molecule has 9 heteroatoms. The molecule has 2 aromatic carbocycles. The number of aryl methyl sites for hydroxylation is 4. The Bertz CT molecular complexity index is 902. The molecule has 0 amide bonds. The molecule has 0 bridgehead atoms. The van der Waals surface area contributed by atoms with Gasteiger partial charge in [0.05, 0.1) is 0 Å². The Kier molecular flexibility index (Phi) is 19.0. The van der Waals surface area contributed by atoms with E-state index in [1.165, 1.54) is 0 Å². The van der Waals surface area contributed by atoms with Gasteiger partial charge in [0.2, 0.25) is 0 Å². The first-order chi connectivity index (χ1) is 15.0. The van der Waals surface area contributed by atoms with Crippen LogP contribution in [0.5, 0.6) is 0 Å². The van der Waals surface area contributed by atoms with Crippen LogP contribution in [0.3, 0.4) is 0 Å². The summed E-state index contributed by atoms with van der Waals surface area (Å²) in [6, 6.07) is 11.9. The Labute approximate surface area is 217 Å². The molecule has 0 aliphatic rings. The van der Waals surface area contributed by atoms with Crippen LogP contribution in [0.2, 0.25) is 0 Å². The number of para-hydroxylation sites is 2. The average molecular weight is 666 g/mol. The second-order valence-electron chi connectivity index (χ2n) is 8.07. The van der Waals surface area contributed by atoms with Gasteiger partial charge in [-0.05, 0) is 82.2 Å². The number of hydrogen-bond acceptors (Lipinski definition) is 4. The van der Waals surface area contributed by atoms with Crippen molar-refractivity contribution in [3.8, 4) is 11.9 Å². The first-order valence-electron chi connectivity index (χ1n) is 10.1. The van der Waals surface area contributed by atoms with E-state index >= 15 is 0 Å². The van der Waals surface area contributed by atoms with Crippen molar-refractivity contribution in [3.05, 3.63) is 70.3 Å². The van der Waals surface area contributed by atoms with Gasteiger partial charge in [0.1, 0.15) is 0 Å². The van der Waals surface area contributed by atoms with Crippen molar-refractivity contribution in [3.63, 3.8) is 0 Å². The Morgan fingerprint density at radius 3 is 1.55 bits per heavy atom. The fraction of sp³-hybridized carbons (Fsp3) is 0.417. The molecule has 0 saturated carbocycles. The number of tetrazole rings is 1. The summed E-state index contributed by atoms with van der Waals surface area (Å²) in [5.74, 6) is 0. The maximum atomic E-state index is 8.35. The van der Waals surface area contributed by atoms with E-state index in [2.05, 4.69) is 67.2 Å². The molecule has 182 valence electrons. The fourth-order valence-corrected chi connectivity index (χ4v) is 2.41. The number of nitriles is 1. The van der Waals surface area contributed by atoms with Crippen LogP contribution in [0.4, 0.5) is 5.69 Å². The summed E-state index contributed by atoms with van der Waals surface area (Å²) in [6.07, 6.45) is 4.47. The van der Waals surface area contributed by atoms with Crippen LogP contribution < -0.4 is 0 Å². The fourth-order valence-electron chi connectivity index (χ4n) is 2.41. The zero-order valence-electron chi connectivity index (χ0n) is 21.4. The second kappa shape index (κ2) is 18.7. The van der Waals surface area contributed by atoms with Crippen LogP contribution in [0, 0.1) is 45.5 Å². The number of benzene rings is 2. The molecule has 33 heavy (non-hydrogen) atoms. The van der Waals surface area contributed by atoms with Gasteiger partial charge in [-0.2, -0.15) is 0 Å². The van der Waals surface area contributed by atoms with Gasteiger partial charge in [-0.25, -0.2) is 5.10 Å². The van der Waals surface area contributed by atoms with Crippen molar-refractivity contribution in [2.24, 2.45) is 0 Å². The molecule has 3 rings (SSSR count). The summed E-state index contributed by atoms with van der Waals surface area (Å²) in [6.45, 7) is 21.3. The van der Waals surface area contributed by atoms with Gasteiger partial charge >= 0.3 is 21.1 Å². The summed E-state index contributed by atoms with van der Waals surface area (Å²) in [5, 5.41) is 22.9. The minimum atomic E-state index is 0. The second-order valence-corrected chi connectivity index (χ2v) is 13.4. The van der Waals surface area contributed by atoms with Crippen molar-refractivity contribution in [1.29, 1.82) is 5.26 Å². The van der Waals surface area contributed by atoms with Crippen LogP contribution in [-0.2, 0) is 21.1 Å². The van der Waals surface area contributed by atoms with Crippen molar-refractivity contribution >= 4 is 21.5 Å². The molecule has 0 saturated heterocycles. The van der Waals surface area contributed by atoms with Gasteiger partial charge in [-0.3, -0.25) is 0 Å². The van der Waals surface area contributed by atoms with Gasteiger partial charge in [-0.1, -0.05) is 67.3 Å². The molecule has 6 nitrogen and oxygen atoms in total. The zero-order chi connectivity index (χ0) is 24.7. The Morgan fingerprint density at radius 2 is 1.21 bits per heavy atom. The molecule has 0 unspecified atom stereocenters. The average Bonchev–Trinajstić information content (AvgIpc) is 3.19. The Hall–Kier alpha value is -1.65. The molecule has 0 radical (unpaired) electrons. The zero-order valence-corrected chi connectivity index (χ0v) is 25.4. The largest absolute Gasteiger partial charge is 2.00 e. The van der Waals surface area contributed by atoms with E-state index in [0.29, 0.717) is 15.8 Å². The van der Waals surface area contributed by atoms with Crippen molar-refractivity contribution < 1.29 is 21.1 Å². The molecule has 1 heterocycles. The molecular formula is C24H36N6P2Pt. The van der Waals surface area contributed by atoms with Crippen LogP contribution in [0.25, 0.3) is 11.0 Å². The molecule has 0 spiro atoms. The number of hydrogen-bond donors (Lipinski definition) is 0. The van der Waals surface area contributed by atoms with E-state index in [-0.39, 0.29) is 21.1 Å². The monoisotopic (exact) mass is 665 g/mol. The molecule has 0 aliphatic carbocycles. The predicted octanol–water partition coefficient (Wildman–Crippen LogP) is 6.58. The number of nitrogens with zero attached hydrogens (tertiary/aromatic N) is 6. The number of aromatic nitrogens is 4. The molecule has 0 atom stereocenters. The van der Waals surface area contributed by atoms with Crippen LogP contribution in [-0.4, -0.2) is 60.2 Å². The molecule has 3 aromatic rings. The van der Waals surface area contributed by atoms with E-state index in [1.54, 1.807) is 10.9 Å². The normalized spacial score (nSPS) is 9.18. The van der Waals surface area contributed by atoms with Crippen LogP contribution >= 0.6 is 15.8 Å². The van der Waals surface area contributed by atoms with Gasteiger partial charge in [0.15, 0.2) is 0 Å². The third kappa shape index (κ3) is 15.0. The summed E-state index contributed by atoms with van der Waals surface area (Å²) in [5.41, 5.74) is 6.19. The quantitative estimate of drug-likeness (QED) is 0.176. The molecular weight excluding hydrogens is 629 g/mol. The maximum absolute atomic E-state index is 8.35. The smallest absolute Gasteiger partial charge is 0.494 e. The SMILES string of the molecule is CP(C)C.CP(C)C.Cc1cccc(C)c1-n1[c-]nnn1.Cc1cccc(C)c1[N-]C#N.[Pt+2]. The van der Waals surface area contributed by atoms with E-state index in [9.17, 15) is 0 Å². The molecule has 0 N–H and O–H groups in total. The summed E-state index contributed by atoms with van der Waals surface area (Å²) < 4.78 is 1.56. The van der Waals surface area contributed by atoms with Crippen molar-refractivity contribution in [2.75, 3.05) is 40.0 Å². The van der Waals surface area contributed by atoms with Crippen LogP contribution in [0.1, 0.15) is 22.3 Å². The van der Waals surface area contributed by atoms with Crippen molar-refractivity contribution in [2.45, 2.75) is 27.7 Å². The van der Waals surface area contributed by atoms with Gasteiger partial charge < -0.3 is 15.3 Å². The van der Waals surface area contributed by atoms with E-state index < -0.39 is 0 Å². The first kappa shape index (κ1) is 33.5. The minimum Gasteiger partial charge on any atom is -0.494 e. The van der Waals surface area contributed by atoms with Gasteiger partial charge in [-0.15, -0.1) is 27.0 Å². The number of rotatable bonds is 2. The maximum Gasteiger partial charge on any atom is 2.00 e. The minimum absolute atomic E-state index is 0. The third-order valence-corrected chi connectivity index (χ3v) is 3.57. The van der Waals surface area contributed by atoms with Gasteiger partial charge in [0, 0.05) is 0 Å². The Balaban J connectivity index is 0. The summed E-state index contributed by atoms with van der Waals surface area (Å²) in [4.78, 5) is 0. The standard InChI is InChI=1S/C9H9N4.C9H9N2.2C3H9P.Pt/c1-7-4-3-5-8(2)9(7)13-6-10-11-12-13;1-7-4-3-5-8(2)9(7)11-6-10;2*1-4(2)3;/h3-5H,1-2H3;3-5H,1-2H3;2*1-3H3;/q2*-1;;;+2. The van der Waals surface area contributed by atoms with Crippen molar-refractivity contribution in [1.82, 2.24) is 20.2 Å². The molecule has 0 aliphatic heterocycles. The summed E-state index contributed by atoms with van der Waals surface area (Å²) in [7, 11) is 0.759. The van der Waals surface area contributed by atoms with Gasteiger partial charge in [0.25, 0.3) is 0 Å². The topological polar surface area (TPSA) is 81.5 Å². The summed E-state index contributed by atoms with van der Waals surface area (Å²) >= 11 is 0. The molecule has 1 aromatic heterocycles. The third-order valence-electron chi connectivity index (χ3n) is 3.57. The Morgan fingerprint density at radius 1 is 0.818 bits per heavy atom. The van der Waals surface area contributed by atoms with E-state index in [1.807, 2.05) is 64.1 Å². The first-order valence-corrected chi connectivity index (χ1v) is 15.5. The van der Waals surface area contributed by atoms with E-state index in [0.717, 1.165) is 33.6 Å². The van der Waals surface area contributed by atoms with Crippen LogP contribution in [0.15, 0.2) is 36.4 Å². The predicted molar refractivity (Wildman–Crippen MR) is 141 cm³/mol.